The van der Waals surface area contributed by atoms with Crippen LogP contribution in [-0.4, -0.2) is 16.9 Å². The van der Waals surface area contributed by atoms with Crippen LogP contribution in [0.5, 0.6) is 0 Å². The van der Waals surface area contributed by atoms with E-state index in [-0.39, 0.29) is 17.9 Å². The second kappa shape index (κ2) is 5.77. The number of pyridine rings is 1. The van der Waals surface area contributed by atoms with E-state index < -0.39 is 0 Å². The van der Waals surface area contributed by atoms with Gasteiger partial charge in [0.05, 0.1) is 5.92 Å². The Kier molecular flexibility index (Phi) is 4.09. The van der Waals surface area contributed by atoms with Gasteiger partial charge in [0.2, 0.25) is 5.91 Å². The molecule has 0 spiro atoms. The van der Waals surface area contributed by atoms with Crippen molar-refractivity contribution in [2.75, 3.05) is 0 Å². The molecule has 92 valence electrons. The lowest BCUT2D eigenvalue weighted by atomic mass is 9.84. The number of amides is 1. The number of aromatic nitrogens is 1. The van der Waals surface area contributed by atoms with Crippen molar-refractivity contribution in [2.24, 2.45) is 11.7 Å². The number of rotatable bonds is 4. The molecule has 1 fully saturated rings. The lowest BCUT2D eigenvalue weighted by Gasteiger charge is -2.30. The number of nitrogens with two attached hydrogens (primary N) is 1. The summed E-state index contributed by atoms with van der Waals surface area (Å²) < 4.78 is 0. The van der Waals surface area contributed by atoms with Crippen LogP contribution >= 0.6 is 0 Å². The van der Waals surface area contributed by atoms with Gasteiger partial charge in [-0.1, -0.05) is 18.9 Å². The Balaban J connectivity index is 1.90. The minimum Gasteiger partial charge on any atom is -0.369 e. The third-order valence-corrected chi connectivity index (χ3v) is 3.42. The fourth-order valence-corrected chi connectivity index (χ4v) is 2.47. The molecule has 0 saturated heterocycles. The van der Waals surface area contributed by atoms with Crippen molar-refractivity contribution in [1.82, 2.24) is 10.3 Å². The monoisotopic (exact) mass is 233 g/mol. The number of nitrogens with one attached hydrogen (secondary N) is 1. The Hall–Kier alpha value is -1.42. The summed E-state index contributed by atoms with van der Waals surface area (Å²) >= 11 is 0. The number of nitrogens with zero attached hydrogens (tertiary/aromatic N) is 1. The molecule has 2 atom stereocenters. The zero-order valence-electron chi connectivity index (χ0n) is 9.93. The van der Waals surface area contributed by atoms with Crippen molar-refractivity contribution in [1.29, 1.82) is 0 Å². The quantitative estimate of drug-likeness (QED) is 0.821. The van der Waals surface area contributed by atoms with E-state index in [0.29, 0.717) is 0 Å². The van der Waals surface area contributed by atoms with Crippen LogP contribution in [0, 0.1) is 5.92 Å². The molecule has 0 aliphatic heterocycles. The molecule has 1 heterocycles. The van der Waals surface area contributed by atoms with Gasteiger partial charge in [-0.05, 0) is 24.5 Å². The van der Waals surface area contributed by atoms with Gasteiger partial charge in [0, 0.05) is 25.0 Å². The first-order valence-corrected chi connectivity index (χ1v) is 6.19. The first-order chi connectivity index (χ1) is 8.27. The first kappa shape index (κ1) is 12.0. The summed E-state index contributed by atoms with van der Waals surface area (Å²) in [5, 5.41) is 3.43. The minimum absolute atomic E-state index is 0.0135. The molecule has 1 saturated carbocycles. The summed E-state index contributed by atoms with van der Waals surface area (Å²) in [4.78, 5) is 15.4. The molecule has 1 aliphatic rings. The molecule has 0 bridgehead atoms. The van der Waals surface area contributed by atoms with E-state index in [1.54, 1.807) is 6.20 Å². The Morgan fingerprint density at radius 2 is 2.29 bits per heavy atom. The Bertz CT molecular complexity index is 366. The molecule has 0 unspecified atom stereocenters. The molecular weight excluding hydrogens is 214 g/mol. The van der Waals surface area contributed by atoms with Crippen molar-refractivity contribution in [3.05, 3.63) is 30.1 Å². The van der Waals surface area contributed by atoms with Crippen LogP contribution in [0.4, 0.5) is 0 Å². The molecule has 4 nitrogen and oxygen atoms in total. The zero-order valence-corrected chi connectivity index (χ0v) is 9.93. The number of hydrogen-bond acceptors (Lipinski definition) is 3. The largest absolute Gasteiger partial charge is 0.369 e. The second-order valence-electron chi connectivity index (χ2n) is 4.64. The molecule has 4 heteroatoms. The molecule has 1 aliphatic carbocycles. The Morgan fingerprint density at radius 1 is 1.47 bits per heavy atom. The number of hydrogen-bond donors (Lipinski definition) is 2. The van der Waals surface area contributed by atoms with Gasteiger partial charge in [0.25, 0.3) is 0 Å². The molecule has 0 aromatic carbocycles. The van der Waals surface area contributed by atoms with E-state index >= 15 is 0 Å². The van der Waals surface area contributed by atoms with Crippen molar-refractivity contribution in [2.45, 2.75) is 38.3 Å². The molecule has 17 heavy (non-hydrogen) atoms. The van der Waals surface area contributed by atoms with Gasteiger partial charge < -0.3 is 11.1 Å². The third kappa shape index (κ3) is 3.27. The van der Waals surface area contributed by atoms with E-state index in [4.69, 9.17) is 5.73 Å². The molecule has 2 rings (SSSR count). The highest BCUT2D eigenvalue weighted by Gasteiger charge is 2.28. The lowest BCUT2D eigenvalue weighted by molar-refractivity contribution is -0.123. The van der Waals surface area contributed by atoms with E-state index in [1.165, 1.54) is 6.42 Å². The van der Waals surface area contributed by atoms with Crippen molar-refractivity contribution >= 4 is 5.91 Å². The van der Waals surface area contributed by atoms with Gasteiger partial charge >= 0.3 is 0 Å². The standard InChI is InChI=1S/C13H19N3O/c14-13(17)11-5-1-2-6-12(11)16-9-10-4-3-7-15-8-10/h3-4,7-8,11-12,16H,1-2,5-6,9H2,(H2,14,17)/t11-,12+/m0/s1. The van der Waals surface area contributed by atoms with Crippen LogP contribution in [0.1, 0.15) is 31.2 Å². The van der Waals surface area contributed by atoms with Crippen LogP contribution in [0.2, 0.25) is 0 Å². The van der Waals surface area contributed by atoms with Gasteiger partial charge in [-0.2, -0.15) is 0 Å². The predicted octanol–water partition coefficient (Wildman–Crippen LogP) is 1.22. The molecule has 1 aromatic rings. The highest BCUT2D eigenvalue weighted by molar-refractivity contribution is 5.77. The molecule has 1 aromatic heterocycles. The molecule has 3 N–H and O–H groups in total. The summed E-state index contributed by atoms with van der Waals surface area (Å²) in [5.41, 5.74) is 6.58. The minimum atomic E-state index is -0.173. The number of primary amides is 1. The zero-order chi connectivity index (χ0) is 12.1. The average molecular weight is 233 g/mol. The fourth-order valence-electron chi connectivity index (χ4n) is 2.47. The van der Waals surface area contributed by atoms with Crippen LogP contribution in [0.15, 0.2) is 24.5 Å². The second-order valence-corrected chi connectivity index (χ2v) is 4.64. The topological polar surface area (TPSA) is 68.0 Å². The van der Waals surface area contributed by atoms with Gasteiger partial charge in [0.1, 0.15) is 0 Å². The van der Waals surface area contributed by atoms with Crippen molar-refractivity contribution in [3.8, 4) is 0 Å². The highest BCUT2D eigenvalue weighted by Crippen LogP contribution is 2.24. The third-order valence-electron chi connectivity index (χ3n) is 3.42. The Morgan fingerprint density at radius 3 is 3.00 bits per heavy atom. The van der Waals surface area contributed by atoms with Crippen molar-refractivity contribution in [3.63, 3.8) is 0 Å². The van der Waals surface area contributed by atoms with Gasteiger partial charge in [-0.3, -0.25) is 9.78 Å². The maximum Gasteiger partial charge on any atom is 0.222 e. The van der Waals surface area contributed by atoms with Crippen molar-refractivity contribution < 1.29 is 4.79 Å². The van der Waals surface area contributed by atoms with E-state index in [2.05, 4.69) is 10.3 Å². The first-order valence-electron chi connectivity index (χ1n) is 6.19. The van der Waals surface area contributed by atoms with E-state index in [1.807, 2.05) is 18.3 Å². The summed E-state index contributed by atoms with van der Waals surface area (Å²) in [6.45, 7) is 0.752. The predicted molar refractivity (Wildman–Crippen MR) is 66.0 cm³/mol. The summed E-state index contributed by atoms with van der Waals surface area (Å²) in [6, 6.07) is 4.17. The van der Waals surface area contributed by atoms with Crippen LogP contribution in [0.25, 0.3) is 0 Å². The normalized spacial score (nSPS) is 24.5. The van der Waals surface area contributed by atoms with Crippen LogP contribution < -0.4 is 11.1 Å². The molecule has 1 amide bonds. The Labute approximate surface area is 102 Å². The summed E-state index contributed by atoms with van der Waals surface area (Å²) in [6.07, 6.45) is 7.84. The van der Waals surface area contributed by atoms with Gasteiger partial charge in [-0.25, -0.2) is 0 Å². The maximum atomic E-state index is 11.3. The number of carbonyl (C=O) groups is 1. The SMILES string of the molecule is NC(=O)[C@H]1CCCC[C@H]1NCc1cccnc1. The fraction of sp³-hybridized carbons (Fsp3) is 0.538. The van der Waals surface area contributed by atoms with Crippen LogP contribution in [-0.2, 0) is 11.3 Å². The van der Waals surface area contributed by atoms with Crippen LogP contribution in [0.3, 0.4) is 0 Å². The van der Waals surface area contributed by atoms with E-state index in [0.717, 1.165) is 31.4 Å². The lowest BCUT2D eigenvalue weighted by Crippen LogP contribution is -2.44. The summed E-state index contributed by atoms with van der Waals surface area (Å²) in [7, 11) is 0. The van der Waals surface area contributed by atoms with E-state index in [9.17, 15) is 4.79 Å². The molecule has 0 radical (unpaired) electrons. The van der Waals surface area contributed by atoms with Gasteiger partial charge in [0.15, 0.2) is 0 Å². The highest BCUT2D eigenvalue weighted by atomic mass is 16.1. The number of carbonyl (C=O) groups excluding carboxylic acids is 1. The molecular formula is C13H19N3O. The maximum absolute atomic E-state index is 11.3. The average Bonchev–Trinajstić information content (AvgIpc) is 2.38. The van der Waals surface area contributed by atoms with Gasteiger partial charge in [-0.15, -0.1) is 0 Å². The summed E-state index contributed by atoms with van der Waals surface area (Å²) in [5.74, 6) is -0.186. The smallest absolute Gasteiger partial charge is 0.222 e.